The number of phenolic OH excluding ortho intramolecular Hbond substituents is 1. The van der Waals surface area contributed by atoms with E-state index in [1.54, 1.807) is 19.1 Å². The molecule has 0 bridgehead atoms. The number of hydrogen-bond donors (Lipinski definition) is 2. The summed E-state index contributed by atoms with van der Waals surface area (Å²) in [6.45, 7) is 1.58. The van der Waals surface area contributed by atoms with Gasteiger partial charge in [0.2, 0.25) is 11.8 Å². The molecule has 1 aliphatic heterocycles. The van der Waals surface area contributed by atoms with Crippen LogP contribution in [0.25, 0.3) is 0 Å². The Morgan fingerprint density at radius 3 is 2.41 bits per heavy atom. The van der Waals surface area contributed by atoms with Crippen molar-refractivity contribution in [1.82, 2.24) is 4.90 Å². The molecule has 3 aliphatic carbocycles. The van der Waals surface area contributed by atoms with Gasteiger partial charge in [-0.2, -0.15) is 4.90 Å². The van der Waals surface area contributed by atoms with Crippen molar-refractivity contribution in [3.8, 4) is 5.75 Å². The smallest absolute Gasteiger partial charge is 0.328 e. The van der Waals surface area contributed by atoms with E-state index in [0.717, 1.165) is 5.57 Å². The van der Waals surface area contributed by atoms with Crippen LogP contribution in [-0.4, -0.2) is 39.4 Å². The van der Waals surface area contributed by atoms with Crippen molar-refractivity contribution >= 4 is 29.4 Å². The number of urea groups is 1. The van der Waals surface area contributed by atoms with E-state index in [-0.39, 0.29) is 30.2 Å². The topological polar surface area (TPSA) is 135 Å². The molecule has 0 radical (unpaired) electrons. The van der Waals surface area contributed by atoms with Crippen molar-refractivity contribution in [2.45, 2.75) is 25.7 Å². The molecule has 4 atom stereocenters. The number of phenols is 1. The minimum atomic E-state index is -1.11. The van der Waals surface area contributed by atoms with Crippen molar-refractivity contribution in [2.75, 3.05) is 0 Å². The number of benzene rings is 1. The van der Waals surface area contributed by atoms with E-state index in [1.165, 1.54) is 18.2 Å². The van der Waals surface area contributed by atoms with Crippen molar-refractivity contribution in [2.24, 2.45) is 23.5 Å². The minimum absolute atomic E-state index is 0.0588. The number of ketones is 2. The lowest BCUT2D eigenvalue weighted by Crippen LogP contribution is -2.42. The molecule has 0 aromatic heterocycles. The molecule has 0 saturated carbocycles. The zero-order valence-corrected chi connectivity index (χ0v) is 17.2. The van der Waals surface area contributed by atoms with Crippen LogP contribution in [0.2, 0.25) is 0 Å². The summed E-state index contributed by atoms with van der Waals surface area (Å²) < 4.78 is 0. The molecule has 1 saturated heterocycles. The van der Waals surface area contributed by atoms with Crippen LogP contribution in [-0.2, 0) is 19.2 Å². The highest BCUT2D eigenvalue weighted by atomic mass is 16.3. The van der Waals surface area contributed by atoms with Crippen LogP contribution in [0.5, 0.6) is 5.75 Å². The Kier molecular flexibility index (Phi) is 4.30. The van der Waals surface area contributed by atoms with Gasteiger partial charge in [-0.3, -0.25) is 19.2 Å². The molecule has 4 amide bonds. The molecular formula is C24H20N2O6. The van der Waals surface area contributed by atoms with Gasteiger partial charge in [-0.15, -0.1) is 0 Å². The molecule has 5 rings (SSSR count). The Morgan fingerprint density at radius 2 is 1.75 bits per heavy atom. The minimum Gasteiger partial charge on any atom is -0.508 e. The molecule has 1 fully saturated rings. The van der Waals surface area contributed by atoms with Crippen LogP contribution in [0.4, 0.5) is 4.79 Å². The maximum atomic E-state index is 13.1. The highest BCUT2D eigenvalue weighted by Gasteiger charge is 2.57. The summed E-state index contributed by atoms with van der Waals surface area (Å²) in [5.41, 5.74) is 7.80. The zero-order chi connectivity index (χ0) is 22.9. The Morgan fingerprint density at radius 1 is 1.06 bits per heavy atom. The normalized spacial score (nSPS) is 29.3. The number of likely N-dealkylation sites (tertiary alicyclic amines) is 1. The predicted molar refractivity (Wildman–Crippen MR) is 111 cm³/mol. The van der Waals surface area contributed by atoms with Crippen LogP contribution in [0.1, 0.15) is 31.2 Å². The lowest BCUT2D eigenvalue weighted by atomic mass is 9.59. The first-order valence-corrected chi connectivity index (χ1v) is 10.4. The highest BCUT2D eigenvalue weighted by molar-refractivity contribution is 6.24. The first-order chi connectivity index (χ1) is 15.2. The quantitative estimate of drug-likeness (QED) is 0.395. The van der Waals surface area contributed by atoms with Crippen molar-refractivity contribution < 1.29 is 29.1 Å². The Labute approximate surface area is 183 Å². The number of aromatic hydroxyl groups is 1. The molecule has 8 heteroatoms. The SMILES string of the molecule is CC1=CC(=O)C2=C(C[C@@H]3C(=CC[C@@H]4C(=O)N(C(N)=O)C(=O)[C@@H]43)[C@@H]2c2ccc(O)cc2)C1=O. The zero-order valence-electron chi connectivity index (χ0n) is 17.2. The van der Waals surface area contributed by atoms with E-state index < -0.39 is 41.5 Å². The van der Waals surface area contributed by atoms with Crippen LogP contribution >= 0.6 is 0 Å². The summed E-state index contributed by atoms with van der Waals surface area (Å²) in [4.78, 5) is 64.1. The number of Topliss-reactive ketones (excluding diaryl/α,β-unsaturated/α-hetero) is 1. The number of hydrogen-bond acceptors (Lipinski definition) is 6. The molecule has 0 spiro atoms. The van der Waals surface area contributed by atoms with Gasteiger partial charge in [0.25, 0.3) is 0 Å². The molecule has 0 unspecified atom stereocenters. The fourth-order valence-corrected chi connectivity index (χ4v) is 5.65. The predicted octanol–water partition coefficient (Wildman–Crippen LogP) is 1.90. The van der Waals surface area contributed by atoms with Gasteiger partial charge in [-0.1, -0.05) is 23.8 Å². The van der Waals surface area contributed by atoms with E-state index in [1.807, 2.05) is 6.08 Å². The lowest BCUT2D eigenvalue weighted by Gasteiger charge is -2.42. The molecule has 1 aromatic rings. The number of rotatable bonds is 1. The Bertz CT molecular complexity index is 1220. The number of fused-ring (bicyclic) bond motifs is 3. The standard InChI is InChI=1S/C24H20N2O6/c1-10-8-17(28)20-16(21(10)29)9-15-13(18(20)11-2-4-12(27)5-3-11)6-7-14-19(15)23(31)26(22(14)30)24(25)32/h2-6,8,14-15,18-19,27H,7,9H2,1H3,(H2,25,32)/t14-,15+,18-,19-/m0/s1. The summed E-state index contributed by atoms with van der Waals surface area (Å²) in [5.74, 6) is -4.38. The molecule has 32 heavy (non-hydrogen) atoms. The fourth-order valence-electron chi connectivity index (χ4n) is 5.65. The average Bonchev–Trinajstić information content (AvgIpc) is 3.01. The number of amides is 4. The van der Waals surface area contributed by atoms with Crippen LogP contribution < -0.4 is 5.73 Å². The van der Waals surface area contributed by atoms with Gasteiger partial charge in [0.1, 0.15) is 5.75 Å². The number of nitrogens with zero attached hydrogens (tertiary/aromatic N) is 1. The summed E-state index contributed by atoms with van der Waals surface area (Å²) in [7, 11) is 0. The largest absolute Gasteiger partial charge is 0.508 e. The van der Waals surface area contributed by atoms with Crippen molar-refractivity contribution in [3.63, 3.8) is 0 Å². The third-order valence-electron chi connectivity index (χ3n) is 7.01. The van der Waals surface area contributed by atoms with Crippen LogP contribution in [0.15, 0.2) is 58.7 Å². The Balaban J connectivity index is 1.69. The van der Waals surface area contributed by atoms with E-state index >= 15 is 0 Å². The Hall–Kier alpha value is -3.81. The first-order valence-electron chi connectivity index (χ1n) is 10.4. The third-order valence-corrected chi connectivity index (χ3v) is 7.01. The molecule has 162 valence electrons. The van der Waals surface area contributed by atoms with Crippen molar-refractivity contribution in [1.29, 1.82) is 0 Å². The maximum Gasteiger partial charge on any atom is 0.328 e. The van der Waals surface area contributed by atoms with Gasteiger partial charge in [0, 0.05) is 22.6 Å². The van der Waals surface area contributed by atoms with Gasteiger partial charge in [0.15, 0.2) is 11.6 Å². The lowest BCUT2D eigenvalue weighted by molar-refractivity contribution is -0.136. The summed E-state index contributed by atoms with van der Waals surface area (Å²) >= 11 is 0. The van der Waals surface area contributed by atoms with E-state index in [4.69, 9.17) is 5.73 Å². The fraction of sp³-hybridized carbons (Fsp3) is 0.292. The van der Waals surface area contributed by atoms with Gasteiger partial charge in [-0.25, -0.2) is 4.79 Å². The van der Waals surface area contributed by atoms with E-state index in [0.29, 0.717) is 27.2 Å². The second-order valence-electron chi connectivity index (χ2n) is 8.67. The number of nitrogens with two attached hydrogens (primary N) is 1. The van der Waals surface area contributed by atoms with E-state index in [2.05, 4.69) is 0 Å². The molecular weight excluding hydrogens is 412 g/mol. The van der Waals surface area contributed by atoms with Gasteiger partial charge in [0.05, 0.1) is 11.8 Å². The van der Waals surface area contributed by atoms with Gasteiger partial charge >= 0.3 is 6.03 Å². The number of imide groups is 3. The second kappa shape index (κ2) is 6.85. The number of allylic oxidation sites excluding steroid dienone is 6. The second-order valence-corrected chi connectivity index (χ2v) is 8.67. The van der Waals surface area contributed by atoms with Gasteiger partial charge in [-0.05, 0) is 49.5 Å². The van der Waals surface area contributed by atoms with Crippen molar-refractivity contribution in [3.05, 3.63) is 64.3 Å². The summed E-state index contributed by atoms with van der Waals surface area (Å²) in [6.07, 6.45) is 3.56. The monoisotopic (exact) mass is 432 g/mol. The number of primary amides is 1. The van der Waals surface area contributed by atoms with E-state index in [9.17, 15) is 29.1 Å². The molecule has 1 aromatic carbocycles. The van der Waals surface area contributed by atoms with Crippen LogP contribution in [0, 0.1) is 17.8 Å². The molecule has 1 heterocycles. The molecule has 8 nitrogen and oxygen atoms in total. The summed E-state index contributed by atoms with van der Waals surface area (Å²) in [5, 5.41) is 9.73. The number of carbonyl (C=O) groups excluding carboxylic acids is 5. The molecule has 3 N–H and O–H groups in total. The average molecular weight is 432 g/mol. The molecule has 4 aliphatic rings. The van der Waals surface area contributed by atoms with Gasteiger partial charge < -0.3 is 10.8 Å². The third kappa shape index (κ3) is 2.65. The maximum absolute atomic E-state index is 13.1. The summed E-state index contributed by atoms with van der Waals surface area (Å²) in [6, 6.07) is 5.26. The first kappa shape index (κ1) is 20.1. The number of carbonyl (C=O) groups is 5. The van der Waals surface area contributed by atoms with Crippen LogP contribution in [0.3, 0.4) is 0 Å². The highest BCUT2D eigenvalue weighted by Crippen LogP contribution is 2.55.